The van der Waals surface area contributed by atoms with Crippen molar-refractivity contribution >= 4 is 5.97 Å². The third-order valence-corrected chi connectivity index (χ3v) is 4.98. The van der Waals surface area contributed by atoms with Gasteiger partial charge in [-0.2, -0.15) is 0 Å². The van der Waals surface area contributed by atoms with Crippen molar-refractivity contribution in [3.8, 4) is 0 Å². The largest absolute Gasteiger partial charge is 0.480 e. The van der Waals surface area contributed by atoms with Crippen LogP contribution in [0.2, 0.25) is 0 Å². The second kappa shape index (κ2) is 5.75. The van der Waals surface area contributed by atoms with Gasteiger partial charge in [-0.3, -0.25) is 9.69 Å². The number of carbonyl (C=O) groups is 1. The highest BCUT2D eigenvalue weighted by atomic mass is 16.4. The normalized spacial score (nSPS) is 30.1. The Balaban J connectivity index is 1.75. The molecule has 0 saturated heterocycles. The first kappa shape index (κ1) is 14.5. The SMILES string of the molecule is Cc1nnc2n1CC(C(=O)O)N(CC1CCCC(C)C1)C2. The van der Waals surface area contributed by atoms with Crippen molar-refractivity contribution in [3.05, 3.63) is 11.6 Å². The molecule has 1 aliphatic heterocycles. The zero-order chi connectivity index (χ0) is 15.0. The Morgan fingerprint density at radius 2 is 2.19 bits per heavy atom. The number of carboxylic acid groups (broad SMARTS) is 1. The number of hydrogen-bond acceptors (Lipinski definition) is 4. The number of carboxylic acids is 1. The fourth-order valence-electron chi connectivity index (χ4n) is 3.84. The van der Waals surface area contributed by atoms with E-state index in [1.165, 1.54) is 25.7 Å². The van der Waals surface area contributed by atoms with Crippen LogP contribution in [0.5, 0.6) is 0 Å². The molecule has 6 heteroatoms. The summed E-state index contributed by atoms with van der Waals surface area (Å²) in [6, 6.07) is -0.454. The summed E-state index contributed by atoms with van der Waals surface area (Å²) in [5.41, 5.74) is 0. The molecule has 3 atom stereocenters. The van der Waals surface area contributed by atoms with Gasteiger partial charge in [-0.1, -0.05) is 19.8 Å². The van der Waals surface area contributed by atoms with Gasteiger partial charge in [0.25, 0.3) is 0 Å². The molecule has 0 spiro atoms. The van der Waals surface area contributed by atoms with Gasteiger partial charge in [0.15, 0.2) is 0 Å². The minimum Gasteiger partial charge on any atom is -0.480 e. The van der Waals surface area contributed by atoms with Crippen molar-refractivity contribution in [1.82, 2.24) is 19.7 Å². The van der Waals surface area contributed by atoms with Crippen molar-refractivity contribution in [2.75, 3.05) is 6.54 Å². The van der Waals surface area contributed by atoms with Crippen LogP contribution in [0.3, 0.4) is 0 Å². The standard InChI is InChI=1S/C15H24N4O2/c1-10-4-3-5-12(6-10)7-18-9-14-17-16-11(2)19(14)8-13(18)15(20)21/h10,12-13H,3-9H2,1-2H3,(H,20,21). The van der Waals surface area contributed by atoms with Crippen LogP contribution in [-0.4, -0.2) is 43.3 Å². The first-order valence-electron chi connectivity index (χ1n) is 7.90. The highest BCUT2D eigenvalue weighted by molar-refractivity contribution is 5.73. The fraction of sp³-hybridized carbons (Fsp3) is 0.800. The molecule has 1 N–H and O–H groups in total. The summed E-state index contributed by atoms with van der Waals surface area (Å²) in [7, 11) is 0. The second-order valence-corrected chi connectivity index (χ2v) is 6.70. The maximum atomic E-state index is 11.6. The maximum absolute atomic E-state index is 11.6. The lowest BCUT2D eigenvalue weighted by molar-refractivity contribution is -0.145. The topological polar surface area (TPSA) is 71.2 Å². The lowest BCUT2D eigenvalue weighted by Gasteiger charge is -2.37. The highest BCUT2D eigenvalue weighted by Gasteiger charge is 2.35. The Labute approximate surface area is 125 Å². The molecule has 21 heavy (non-hydrogen) atoms. The Hall–Kier alpha value is -1.43. The summed E-state index contributed by atoms with van der Waals surface area (Å²) in [4.78, 5) is 13.7. The number of aromatic nitrogens is 3. The fourth-order valence-corrected chi connectivity index (χ4v) is 3.84. The molecule has 1 saturated carbocycles. The van der Waals surface area contributed by atoms with Crippen LogP contribution >= 0.6 is 0 Å². The number of fused-ring (bicyclic) bond motifs is 1. The van der Waals surface area contributed by atoms with Crippen molar-refractivity contribution < 1.29 is 9.90 Å². The lowest BCUT2D eigenvalue weighted by Crippen LogP contribution is -2.50. The van der Waals surface area contributed by atoms with Crippen LogP contribution in [0, 0.1) is 18.8 Å². The zero-order valence-corrected chi connectivity index (χ0v) is 12.8. The van der Waals surface area contributed by atoms with E-state index in [0.717, 1.165) is 24.1 Å². The molecule has 3 rings (SSSR count). The summed E-state index contributed by atoms with van der Waals surface area (Å²) in [5.74, 6) is 2.35. The van der Waals surface area contributed by atoms with E-state index < -0.39 is 12.0 Å². The van der Waals surface area contributed by atoms with Crippen LogP contribution in [0.4, 0.5) is 0 Å². The average Bonchev–Trinajstić information content (AvgIpc) is 2.79. The molecule has 2 aliphatic rings. The van der Waals surface area contributed by atoms with E-state index in [4.69, 9.17) is 0 Å². The summed E-state index contributed by atoms with van der Waals surface area (Å²) in [5, 5.41) is 17.8. The number of nitrogens with zero attached hydrogens (tertiary/aromatic N) is 4. The van der Waals surface area contributed by atoms with Crippen LogP contribution in [0.25, 0.3) is 0 Å². The van der Waals surface area contributed by atoms with Crippen LogP contribution in [-0.2, 0) is 17.9 Å². The van der Waals surface area contributed by atoms with Gasteiger partial charge in [0.05, 0.1) is 13.1 Å². The van der Waals surface area contributed by atoms with E-state index in [1.807, 2.05) is 11.5 Å². The predicted molar refractivity (Wildman–Crippen MR) is 77.7 cm³/mol. The molecule has 6 nitrogen and oxygen atoms in total. The van der Waals surface area contributed by atoms with Gasteiger partial charge in [-0.05, 0) is 31.6 Å². The molecule has 0 amide bonds. The van der Waals surface area contributed by atoms with Crippen molar-refractivity contribution in [2.45, 2.75) is 58.7 Å². The van der Waals surface area contributed by atoms with Crippen LogP contribution in [0.1, 0.15) is 44.3 Å². The smallest absolute Gasteiger partial charge is 0.322 e. The maximum Gasteiger partial charge on any atom is 0.322 e. The van der Waals surface area contributed by atoms with Crippen molar-refractivity contribution in [3.63, 3.8) is 0 Å². The average molecular weight is 292 g/mol. The molecule has 116 valence electrons. The Morgan fingerprint density at radius 3 is 2.90 bits per heavy atom. The molecular formula is C15H24N4O2. The molecular weight excluding hydrogens is 268 g/mol. The lowest BCUT2D eigenvalue weighted by atomic mass is 9.82. The predicted octanol–water partition coefficient (Wildman–Crippen LogP) is 1.68. The molecule has 1 aliphatic carbocycles. The first-order chi connectivity index (χ1) is 10.0. The van der Waals surface area contributed by atoms with Gasteiger partial charge in [-0.25, -0.2) is 0 Å². The minimum absolute atomic E-state index is 0.454. The summed E-state index contributed by atoms with van der Waals surface area (Å²) < 4.78 is 1.94. The van der Waals surface area contributed by atoms with E-state index in [2.05, 4.69) is 22.0 Å². The van der Waals surface area contributed by atoms with Crippen LogP contribution < -0.4 is 0 Å². The van der Waals surface area contributed by atoms with Gasteiger partial charge >= 0.3 is 5.97 Å². The molecule has 0 aromatic carbocycles. The van der Waals surface area contributed by atoms with E-state index in [9.17, 15) is 9.90 Å². The van der Waals surface area contributed by atoms with E-state index in [1.54, 1.807) is 0 Å². The zero-order valence-electron chi connectivity index (χ0n) is 12.8. The van der Waals surface area contributed by atoms with Gasteiger partial charge in [0.2, 0.25) is 0 Å². The molecule has 1 fully saturated rings. The van der Waals surface area contributed by atoms with Gasteiger partial charge < -0.3 is 9.67 Å². The third kappa shape index (κ3) is 2.95. The Bertz CT molecular complexity index is 528. The first-order valence-corrected chi connectivity index (χ1v) is 7.90. The second-order valence-electron chi connectivity index (χ2n) is 6.70. The Morgan fingerprint density at radius 1 is 1.38 bits per heavy atom. The number of aryl methyl sites for hydroxylation is 1. The molecule has 1 aromatic rings. The summed E-state index contributed by atoms with van der Waals surface area (Å²) in [6.45, 7) is 6.12. The molecule has 0 radical (unpaired) electrons. The quantitative estimate of drug-likeness (QED) is 0.918. The monoisotopic (exact) mass is 292 g/mol. The highest BCUT2D eigenvalue weighted by Crippen LogP contribution is 2.30. The summed E-state index contributed by atoms with van der Waals surface area (Å²) in [6.07, 6.45) is 5.02. The summed E-state index contributed by atoms with van der Waals surface area (Å²) >= 11 is 0. The number of hydrogen-bond donors (Lipinski definition) is 1. The van der Waals surface area contributed by atoms with E-state index in [0.29, 0.717) is 19.0 Å². The minimum atomic E-state index is -0.738. The van der Waals surface area contributed by atoms with E-state index in [-0.39, 0.29) is 0 Å². The third-order valence-electron chi connectivity index (χ3n) is 4.98. The molecule has 1 aromatic heterocycles. The van der Waals surface area contributed by atoms with E-state index >= 15 is 0 Å². The molecule has 2 heterocycles. The van der Waals surface area contributed by atoms with Crippen molar-refractivity contribution in [2.24, 2.45) is 11.8 Å². The van der Waals surface area contributed by atoms with Gasteiger partial charge in [-0.15, -0.1) is 10.2 Å². The van der Waals surface area contributed by atoms with Gasteiger partial charge in [0.1, 0.15) is 17.7 Å². The molecule has 3 unspecified atom stereocenters. The number of rotatable bonds is 3. The molecule has 0 bridgehead atoms. The van der Waals surface area contributed by atoms with Gasteiger partial charge in [0, 0.05) is 6.54 Å². The number of aliphatic carboxylic acids is 1. The van der Waals surface area contributed by atoms with Crippen molar-refractivity contribution in [1.29, 1.82) is 0 Å². The van der Waals surface area contributed by atoms with Crippen LogP contribution in [0.15, 0.2) is 0 Å². The Kier molecular flexibility index (Phi) is 3.97.